The number of ether oxygens (including phenoxy) is 9. The largest absolute Gasteiger partial charge is 0.444 e. The topological polar surface area (TPSA) is 333 Å². The van der Waals surface area contributed by atoms with Gasteiger partial charge in [-0.3, -0.25) is 0 Å². The molecule has 416 valence electrons. The van der Waals surface area contributed by atoms with E-state index in [1.165, 1.54) is 0 Å². The van der Waals surface area contributed by atoms with Gasteiger partial charge in [0.1, 0.15) is 89.0 Å². The van der Waals surface area contributed by atoms with Crippen LogP contribution < -0.4 is 26.6 Å². The molecule has 3 saturated heterocycles. The monoisotopic (exact) mass is 1040 g/mol. The number of aliphatic hydroxyl groups is 5. The zero-order chi connectivity index (χ0) is 54.5. The third-order valence-electron chi connectivity index (χ3n) is 11.2. The van der Waals surface area contributed by atoms with Gasteiger partial charge in [0.15, 0.2) is 12.6 Å². The van der Waals surface area contributed by atoms with Crippen molar-refractivity contribution < 1.29 is 92.1 Å². The predicted octanol–water partition coefficient (Wildman–Crippen LogP) is 1.61. The van der Waals surface area contributed by atoms with E-state index in [-0.39, 0.29) is 13.0 Å². The van der Waals surface area contributed by atoms with Gasteiger partial charge in [0.05, 0.1) is 18.1 Å². The number of aliphatic hydroxyl groups excluding tert-OH is 5. The average molecular weight is 1040 g/mol. The number of carbonyl (C=O) groups is 5. The molecule has 4 fully saturated rings. The van der Waals surface area contributed by atoms with Crippen molar-refractivity contribution in [2.75, 3.05) is 26.2 Å². The molecule has 25 heteroatoms. The zero-order valence-electron chi connectivity index (χ0n) is 44.5. The Morgan fingerprint density at radius 1 is 0.472 bits per heavy atom. The van der Waals surface area contributed by atoms with Crippen molar-refractivity contribution in [3.63, 3.8) is 0 Å². The molecule has 25 nitrogen and oxygen atoms in total. The van der Waals surface area contributed by atoms with E-state index in [4.69, 9.17) is 42.6 Å². The Hall–Kier alpha value is -4.05. The molecule has 15 atom stereocenters. The lowest BCUT2D eigenvalue weighted by Gasteiger charge is -2.50. The Labute approximate surface area is 422 Å². The number of alkyl carbamates (subject to hydrolysis) is 5. The number of nitrogens with one attached hydrogen (secondary N) is 5. The summed E-state index contributed by atoms with van der Waals surface area (Å²) in [5.74, 6) is 0. The van der Waals surface area contributed by atoms with E-state index in [9.17, 15) is 49.5 Å². The van der Waals surface area contributed by atoms with Gasteiger partial charge in [-0.2, -0.15) is 0 Å². The van der Waals surface area contributed by atoms with Crippen molar-refractivity contribution in [3.05, 3.63) is 0 Å². The normalized spacial score (nSPS) is 32.9. The number of hydrogen-bond donors (Lipinski definition) is 10. The molecule has 4 aliphatic rings. The molecular weight excluding hydrogens is 953 g/mol. The first-order valence-corrected chi connectivity index (χ1v) is 24.6. The third-order valence-corrected chi connectivity index (χ3v) is 11.2. The van der Waals surface area contributed by atoms with Crippen molar-refractivity contribution in [2.45, 2.75) is 243 Å². The molecule has 5 amide bonds. The minimum atomic E-state index is -2.00. The van der Waals surface area contributed by atoms with Crippen LogP contribution >= 0.6 is 0 Å². The molecule has 3 heterocycles. The number of rotatable bonds is 12. The van der Waals surface area contributed by atoms with Gasteiger partial charge in [-0.1, -0.05) is 0 Å². The second-order valence-electron chi connectivity index (χ2n) is 23.7. The van der Waals surface area contributed by atoms with Gasteiger partial charge >= 0.3 is 30.5 Å². The quantitative estimate of drug-likeness (QED) is 0.124. The maximum Gasteiger partial charge on any atom is 0.408 e. The third kappa shape index (κ3) is 19.0. The van der Waals surface area contributed by atoms with Crippen molar-refractivity contribution >= 4 is 30.5 Å². The van der Waals surface area contributed by atoms with Gasteiger partial charge in [-0.05, 0) is 136 Å². The SMILES string of the molecule is CC(C)(C)OC(=O)NCC1OC(OC2C(NC(=O)OC(C)(C)C)CC(NC(=O)OC(C)(C)C)C(OC3OC(CN4CCCC4)C(O)C(NC(=O)OC(C)(C)C)C3O)C2O)C(NC(=O)OC(C)(C)C)C(O)C1O. The lowest BCUT2D eigenvalue weighted by molar-refractivity contribution is -0.321. The average Bonchev–Trinajstić information content (AvgIpc) is 3.70. The van der Waals surface area contributed by atoms with Gasteiger partial charge in [0.25, 0.3) is 0 Å². The van der Waals surface area contributed by atoms with Crippen molar-refractivity contribution in [1.82, 2.24) is 31.5 Å². The molecule has 72 heavy (non-hydrogen) atoms. The summed E-state index contributed by atoms with van der Waals surface area (Å²) in [6, 6.07) is -5.82. The molecule has 0 aromatic heterocycles. The van der Waals surface area contributed by atoms with E-state index < -0.39 is 157 Å². The molecule has 0 bridgehead atoms. The van der Waals surface area contributed by atoms with Gasteiger partial charge in [-0.15, -0.1) is 0 Å². The van der Waals surface area contributed by atoms with Crippen molar-refractivity contribution in [3.8, 4) is 0 Å². The maximum absolute atomic E-state index is 13.6. The van der Waals surface area contributed by atoms with Crippen LogP contribution in [-0.2, 0) is 42.6 Å². The number of carbonyl (C=O) groups excluding carboxylic acids is 5. The molecule has 3 aliphatic heterocycles. The minimum Gasteiger partial charge on any atom is -0.444 e. The van der Waals surface area contributed by atoms with Crippen molar-refractivity contribution in [1.29, 1.82) is 0 Å². The van der Waals surface area contributed by atoms with Gasteiger partial charge in [0, 0.05) is 13.1 Å². The van der Waals surface area contributed by atoms with Crippen LogP contribution in [0.5, 0.6) is 0 Å². The van der Waals surface area contributed by atoms with E-state index >= 15 is 0 Å². The molecule has 15 unspecified atom stereocenters. The van der Waals surface area contributed by atoms with Crippen LogP contribution in [0, 0.1) is 0 Å². The maximum atomic E-state index is 13.6. The van der Waals surface area contributed by atoms with Crippen LogP contribution in [0.4, 0.5) is 24.0 Å². The standard InChI is InChI=1S/C47H84N6O19/c1-43(2,3)68-38(59)48-21-25-30(55)31(56)28(52-42(63)72-47(13,14)15)36(64-25)66-34-23(49-39(60)69-44(4,5)6)20-24(50-40(61)70-45(7,8)9)35(33(34)58)67-37-32(57)27(51-41(62)71-46(10,11)12)29(54)26(65-37)22-53-18-16-17-19-53/h23-37,54-58H,16-22H2,1-15H3,(H,48,59)(H,49,60)(H,50,61)(H,51,62)(H,52,63). The summed E-state index contributed by atoms with van der Waals surface area (Å²) in [7, 11) is 0. The first-order valence-electron chi connectivity index (χ1n) is 24.6. The predicted molar refractivity (Wildman–Crippen MR) is 254 cm³/mol. The highest BCUT2D eigenvalue weighted by Crippen LogP contribution is 2.34. The first-order chi connectivity index (χ1) is 32.9. The molecule has 4 rings (SSSR count). The second kappa shape index (κ2) is 24.1. The smallest absolute Gasteiger partial charge is 0.408 e. The summed E-state index contributed by atoms with van der Waals surface area (Å²) in [6.07, 6.45) is -22.1. The van der Waals surface area contributed by atoms with Crippen LogP contribution in [0.3, 0.4) is 0 Å². The molecule has 10 N–H and O–H groups in total. The summed E-state index contributed by atoms with van der Waals surface area (Å²) in [5, 5.41) is 72.2. The highest BCUT2D eigenvalue weighted by Gasteiger charge is 2.55. The summed E-state index contributed by atoms with van der Waals surface area (Å²) in [6.45, 7) is 25.3. The molecule has 1 aliphatic carbocycles. The van der Waals surface area contributed by atoms with Gasteiger partial charge in [-0.25, -0.2) is 24.0 Å². The van der Waals surface area contributed by atoms with E-state index in [1.54, 1.807) is 104 Å². The molecule has 1 saturated carbocycles. The fourth-order valence-corrected chi connectivity index (χ4v) is 8.41. The fourth-order valence-electron chi connectivity index (χ4n) is 8.41. The Balaban J connectivity index is 1.82. The van der Waals surface area contributed by atoms with Crippen LogP contribution in [0.15, 0.2) is 0 Å². The Morgan fingerprint density at radius 3 is 1.31 bits per heavy atom. The van der Waals surface area contributed by atoms with Gasteiger partial charge in [0.2, 0.25) is 0 Å². The fraction of sp³-hybridized carbons (Fsp3) is 0.894. The van der Waals surface area contributed by atoms with Crippen molar-refractivity contribution in [2.24, 2.45) is 0 Å². The Morgan fingerprint density at radius 2 is 0.861 bits per heavy atom. The molecule has 0 aromatic rings. The summed E-state index contributed by atoms with van der Waals surface area (Å²) in [4.78, 5) is 68.5. The Kier molecular flexibility index (Phi) is 20.2. The van der Waals surface area contributed by atoms with E-state index in [2.05, 4.69) is 26.6 Å². The number of nitrogens with zero attached hydrogens (tertiary/aromatic N) is 1. The van der Waals surface area contributed by atoms with Crippen LogP contribution in [0.25, 0.3) is 0 Å². The van der Waals surface area contributed by atoms with E-state index in [0.29, 0.717) is 13.1 Å². The number of likely N-dealkylation sites (tertiary alicyclic amines) is 1. The highest BCUT2D eigenvalue weighted by atomic mass is 16.7. The van der Waals surface area contributed by atoms with Gasteiger partial charge < -0.3 is 99.6 Å². The minimum absolute atomic E-state index is 0.143. The molecule has 0 spiro atoms. The summed E-state index contributed by atoms with van der Waals surface area (Å²) in [5.41, 5.74) is -4.97. The van der Waals surface area contributed by atoms with E-state index in [1.807, 2.05) is 4.90 Å². The van der Waals surface area contributed by atoms with Crippen LogP contribution in [0.2, 0.25) is 0 Å². The highest BCUT2D eigenvalue weighted by molar-refractivity contribution is 5.70. The zero-order valence-corrected chi connectivity index (χ0v) is 44.5. The van der Waals surface area contributed by atoms with Crippen LogP contribution in [-0.4, -0.2) is 207 Å². The summed E-state index contributed by atoms with van der Waals surface area (Å²) < 4.78 is 52.9. The lowest BCUT2D eigenvalue weighted by Crippen LogP contribution is -2.71. The molecule has 0 radical (unpaired) electrons. The number of hydrogen-bond acceptors (Lipinski definition) is 20. The molecular formula is C47H84N6O19. The van der Waals surface area contributed by atoms with E-state index in [0.717, 1.165) is 12.8 Å². The molecule has 0 aromatic carbocycles. The lowest BCUT2D eigenvalue weighted by atomic mass is 9.83. The Bertz CT molecular complexity index is 1820. The number of amides is 5. The van der Waals surface area contributed by atoms with Crippen LogP contribution in [0.1, 0.15) is 123 Å². The first kappa shape index (κ1) is 60.5. The second-order valence-corrected chi connectivity index (χ2v) is 23.7. The summed E-state index contributed by atoms with van der Waals surface area (Å²) >= 11 is 0.